The van der Waals surface area contributed by atoms with Gasteiger partial charge in [0.2, 0.25) is 5.91 Å². The summed E-state index contributed by atoms with van der Waals surface area (Å²) in [5.41, 5.74) is -0.930. The van der Waals surface area contributed by atoms with Crippen LogP contribution < -0.4 is 5.32 Å². The number of alkyl halides is 6. The molecule has 38 heavy (non-hydrogen) atoms. The fourth-order valence-electron chi connectivity index (χ4n) is 5.47. The second kappa shape index (κ2) is 9.59. The summed E-state index contributed by atoms with van der Waals surface area (Å²) < 4.78 is 80.7. The van der Waals surface area contributed by atoms with Gasteiger partial charge in [0.05, 0.1) is 22.8 Å². The van der Waals surface area contributed by atoms with Gasteiger partial charge in [-0.1, -0.05) is 13.3 Å². The van der Waals surface area contributed by atoms with Gasteiger partial charge in [-0.3, -0.25) is 9.20 Å². The number of amides is 1. The minimum Gasteiger partial charge on any atom is -0.352 e. The molecule has 3 heterocycles. The third-order valence-corrected chi connectivity index (χ3v) is 7.23. The maximum Gasteiger partial charge on any atom is 0.416 e. The van der Waals surface area contributed by atoms with Gasteiger partial charge in [0, 0.05) is 25.1 Å². The minimum absolute atomic E-state index is 0.0203. The predicted octanol–water partition coefficient (Wildman–Crippen LogP) is 5.87. The number of aromatic nitrogens is 5. The first-order chi connectivity index (χ1) is 17.9. The summed E-state index contributed by atoms with van der Waals surface area (Å²) in [5, 5.41) is 11.2. The zero-order chi connectivity index (χ0) is 27.2. The summed E-state index contributed by atoms with van der Waals surface area (Å²) in [5.74, 6) is 0.601. The number of aromatic amines is 1. The van der Waals surface area contributed by atoms with E-state index in [0.717, 1.165) is 24.2 Å². The molecule has 4 aromatic rings. The number of carbonyl (C=O) groups excluding carboxylic acids is 1. The number of H-pyrrole nitrogens is 1. The summed E-state index contributed by atoms with van der Waals surface area (Å²) in [6.07, 6.45) is -4.12. The molecule has 2 N–H and O–H groups in total. The molecular weight excluding hydrogens is 514 g/mol. The van der Waals surface area contributed by atoms with E-state index in [1.54, 1.807) is 12.4 Å². The van der Waals surface area contributed by atoms with Crippen molar-refractivity contribution in [3.63, 3.8) is 0 Å². The molecule has 1 aliphatic rings. The quantitative estimate of drug-likeness (QED) is 0.301. The van der Waals surface area contributed by atoms with Gasteiger partial charge in [-0.05, 0) is 54.5 Å². The Morgan fingerprint density at radius 2 is 1.79 bits per heavy atom. The average molecular weight is 538 g/mol. The molecule has 0 saturated heterocycles. The van der Waals surface area contributed by atoms with Crippen LogP contribution in [-0.4, -0.2) is 30.5 Å². The van der Waals surface area contributed by atoms with Crippen LogP contribution in [0.5, 0.6) is 0 Å². The molecule has 1 amide bonds. The van der Waals surface area contributed by atoms with E-state index in [1.165, 1.54) is 0 Å². The van der Waals surface area contributed by atoms with E-state index >= 15 is 0 Å². The van der Waals surface area contributed by atoms with E-state index in [1.807, 2.05) is 10.5 Å². The van der Waals surface area contributed by atoms with Gasteiger partial charge in [0.25, 0.3) is 0 Å². The molecule has 0 radical (unpaired) electrons. The first-order valence-electron chi connectivity index (χ1n) is 12.2. The third-order valence-electron chi connectivity index (χ3n) is 7.23. The van der Waals surface area contributed by atoms with E-state index in [2.05, 4.69) is 32.4 Å². The molecular formula is C25H24F6N6O. The number of rotatable bonds is 6. The third kappa shape index (κ3) is 5.05. The van der Waals surface area contributed by atoms with Crippen molar-refractivity contribution in [2.75, 3.05) is 0 Å². The van der Waals surface area contributed by atoms with Crippen molar-refractivity contribution in [1.29, 1.82) is 0 Å². The summed E-state index contributed by atoms with van der Waals surface area (Å²) in [6.45, 7) is 1.62. The lowest BCUT2D eigenvalue weighted by molar-refractivity contribution is -0.143. The molecule has 0 spiro atoms. The molecule has 1 aromatic carbocycles. The minimum atomic E-state index is -4.94. The van der Waals surface area contributed by atoms with Crippen LogP contribution in [0.3, 0.4) is 0 Å². The largest absolute Gasteiger partial charge is 0.416 e. The molecule has 1 saturated carbocycles. The van der Waals surface area contributed by atoms with Crippen molar-refractivity contribution in [2.45, 2.75) is 57.4 Å². The Balaban J connectivity index is 1.29. The summed E-state index contributed by atoms with van der Waals surface area (Å²) in [4.78, 5) is 20.1. The number of benzene rings is 1. The van der Waals surface area contributed by atoms with Gasteiger partial charge < -0.3 is 10.3 Å². The van der Waals surface area contributed by atoms with Crippen LogP contribution >= 0.6 is 0 Å². The monoisotopic (exact) mass is 538 g/mol. The highest BCUT2D eigenvalue weighted by molar-refractivity contribution is 5.76. The van der Waals surface area contributed by atoms with E-state index < -0.39 is 35.9 Å². The topological polar surface area (TPSA) is 88.0 Å². The highest BCUT2D eigenvalue weighted by Gasteiger charge is 2.39. The van der Waals surface area contributed by atoms with Crippen molar-refractivity contribution >= 4 is 22.7 Å². The molecule has 202 valence electrons. The Morgan fingerprint density at radius 1 is 1.08 bits per heavy atom. The molecule has 1 fully saturated rings. The Morgan fingerprint density at radius 3 is 2.45 bits per heavy atom. The van der Waals surface area contributed by atoms with Crippen molar-refractivity contribution in [1.82, 2.24) is 29.9 Å². The molecule has 0 aliphatic heterocycles. The summed E-state index contributed by atoms with van der Waals surface area (Å²) >= 11 is 0. The average Bonchev–Trinajstić information content (AvgIpc) is 3.58. The highest BCUT2D eigenvalue weighted by atomic mass is 19.4. The van der Waals surface area contributed by atoms with E-state index in [0.29, 0.717) is 29.8 Å². The number of halogens is 6. The summed E-state index contributed by atoms with van der Waals surface area (Å²) in [6, 6.07) is 3.21. The highest BCUT2D eigenvalue weighted by Crippen LogP contribution is 2.45. The normalized spacial score (nSPS) is 20.4. The summed E-state index contributed by atoms with van der Waals surface area (Å²) in [7, 11) is 0. The van der Waals surface area contributed by atoms with Gasteiger partial charge in [0.1, 0.15) is 5.82 Å². The maximum absolute atomic E-state index is 13.1. The van der Waals surface area contributed by atoms with Gasteiger partial charge in [0.15, 0.2) is 11.3 Å². The first kappa shape index (κ1) is 26.0. The van der Waals surface area contributed by atoms with Crippen LogP contribution in [0.1, 0.15) is 61.0 Å². The van der Waals surface area contributed by atoms with Crippen molar-refractivity contribution < 1.29 is 31.1 Å². The predicted molar refractivity (Wildman–Crippen MR) is 125 cm³/mol. The lowest BCUT2D eigenvalue weighted by Gasteiger charge is -2.16. The van der Waals surface area contributed by atoms with Crippen LogP contribution in [0.2, 0.25) is 0 Å². The van der Waals surface area contributed by atoms with Crippen molar-refractivity contribution in [3.8, 4) is 0 Å². The SMILES string of the molecule is CCC1CC(CC(=O)NCc2cc(C(F)(F)F)cc(C(F)(F)F)c2)C[C@@H]1c1nnc2cnc3[nH]ccc3n12. The van der Waals surface area contributed by atoms with Crippen LogP contribution in [0.25, 0.3) is 16.8 Å². The van der Waals surface area contributed by atoms with Crippen LogP contribution in [0.15, 0.2) is 36.7 Å². The lowest BCUT2D eigenvalue weighted by Crippen LogP contribution is -2.25. The van der Waals surface area contributed by atoms with E-state index in [4.69, 9.17) is 0 Å². The van der Waals surface area contributed by atoms with E-state index in [-0.39, 0.29) is 35.8 Å². The zero-order valence-electron chi connectivity index (χ0n) is 20.2. The number of hydrogen-bond donors (Lipinski definition) is 2. The molecule has 2 unspecified atom stereocenters. The maximum atomic E-state index is 13.1. The smallest absolute Gasteiger partial charge is 0.352 e. The number of hydrogen-bond acceptors (Lipinski definition) is 4. The van der Waals surface area contributed by atoms with Crippen LogP contribution in [-0.2, 0) is 23.7 Å². The number of nitrogens with zero attached hydrogens (tertiary/aromatic N) is 4. The van der Waals surface area contributed by atoms with Crippen molar-refractivity contribution in [3.05, 3.63) is 59.2 Å². The van der Waals surface area contributed by atoms with Gasteiger partial charge in [-0.2, -0.15) is 26.3 Å². The molecule has 1 aliphatic carbocycles. The fraction of sp³-hybridized carbons (Fsp3) is 0.440. The van der Waals surface area contributed by atoms with Crippen molar-refractivity contribution in [2.24, 2.45) is 11.8 Å². The standard InChI is InChI=1S/C25H24F6N6O/c1-2-15-5-13(8-18(15)23-36-35-20-12-34-22-19(37(20)23)3-4-32-22)9-21(38)33-11-14-6-16(24(26,27)28)10-17(7-14)25(29,30)31/h3-4,6-7,10,12-13,15,18,32H,2,5,8-9,11H2,1H3,(H,33,38)/t13?,15?,18-/m0/s1. The first-order valence-corrected chi connectivity index (χ1v) is 12.2. The Labute approximate surface area is 212 Å². The van der Waals surface area contributed by atoms with Crippen LogP contribution in [0, 0.1) is 11.8 Å². The lowest BCUT2D eigenvalue weighted by atomic mass is 9.93. The Hall–Kier alpha value is -3.64. The second-order valence-corrected chi connectivity index (χ2v) is 9.73. The van der Waals surface area contributed by atoms with Gasteiger partial charge in [-0.25, -0.2) is 4.98 Å². The Bertz CT molecular complexity index is 1440. The van der Waals surface area contributed by atoms with Crippen LogP contribution in [0.4, 0.5) is 26.3 Å². The number of nitrogens with one attached hydrogen (secondary N) is 2. The molecule has 5 rings (SSSR count). The second-order valence-electron chi connectivity index (χ2n) is 9.73. The van der Waals surface area contributed by atoms with Gasteiger partial charge >= 0.3 is 12.4 Å². The van der Waals surface area contributed by atoms with E-state index in [9.17, 15) is 31.1 Å². The number of fused-ring (bicyclic) bond motifs is 3. The molecule has 7 nitrogen and oxygen atoms in total. The molecule has 3 atom stereocenters. The molecule has 0 bridgehead atoms. The Kier molecular flexibility index (Phi) is 6.56. The molecule has 3 aromatic heterocycles. The van der Waals surface area contributed by atoms with Gasteiger partial charge in [-0.15, -0.1) is 10.2 Å². The number of carbonyl (C=O) groups is 1. The fourth-order valence-corrected chi connectivity index (χ4v) is 5.47. The zero-order valence-corrected chi connectivity index (χ0v) is 20.2. The molecule has 13 heteroatoms.